The van der Waals surface area contributed by atoms with Gasteiger partial charge in [0.2, 0.25) is 0 Å². The van der Waals surface area contributed by atoms with Crippen molar-refractivity contribution >= 4 is 6.03 Å². The van der Waals surface area contributed by atoms with Crippen molar-refractivity contribution in [1.29, 1.82) is 0 Å². The number of nitrogens with one attached hydrogen (secondary N) is 1. The van der Waals surface area contributed by atoms with Gasteiger partial charge in [-0.3, -0.25) is 0 Å². The highest BCUT2D eigenvalue weighted by atomic mass is 16.3. The van der Waals surface area contributed by atoms with Crippen molar-refractivity contribution in [2.45, 2.75) is 75.7 Å². The van der Waals surface area contributed by atoms with Gasteiger partial charge in [0.05, 0.1) is 23.5 Å². The Morgan fingerprint density at radius 1 is 0.950 bits per heavy atom. The van der Waals surface area contributed by atoms with E-state index in [9.17, 15) is 19.9 Å². The maximum atomic E-state index is 12.1. The quantitative estimate of drug-likeness (QED) is 0.537. The molecule has 2 fully saturated rings. The lowest BCUT2D eigenvalue weighted by Gasteiger charge is -2.32. The van der Waals surface area contributed by atoms with E-state index < -0.39 is 6.03 Å². The summed E-state index contributed by atoms with van der Waals surface area (Å²) in [7, 11) is 0. The first-order chi connectivity index (χ1) is 9.60. The monoisotopic (exact) mass is 285 g/mol. The highest BCUT2D eigenvalue weighted by molar-refractivity contribution is 5.74. The zero-order chi connectivity index (χ0) is 14.5. The highest BCUT2D eigenvalue weighted by Crippen LogP contribution is 2.24. The number of aliphatic hydroxyl groups is 2. The van der Waals surface area contributed by atoms with E-state index in [4.69, 9.17) is 0 Å². The highest BCUT2D eigenvalue weighted by Gasteiger charge is 2.31. The molecule has 0 aromatic heterocycles. The van der Waals surface area contributed by atoms with Crippen molar-refractivity contribution in [3.05, 3.63) is 4.91 Å². The number of hydrogen-bond acceptors (Lipinski definition) is 5. The lowest BCUT2D eigenvalue weighted by Crippen LogP contribution is -2.48. The Kier molecular flexibility index (Phi) is 5.31. The largest absolute Gasteiger partial charge is 0.393 e. The number of carbonyl (C=O) groups is 1. The fraction of sp³-hybridized carbons (Fsp3) is 0.923. The van der Waals surface area contributed by atoms with Crippen molar-refractivity contribution < 1.29 is 15.0 Å². The van der Waals surface area contributed by atoms with Gasteiger partial charge in [-0.1, -0.05) is 0 Å². The molecular weight excluding hydrogens is 262 g/mol. The molecule has 2 saturated carbocycles. The predicted octanol–water partition coefficient (Wildman–Crippen LogP) is 1.29. The van der Waals surface area contributed by atoms with Gasteiger partial charge in [0, 0.05) is 6.04 Å². The topological polar surface area (TPSA) is 102 Å². The van der Waals surface area contributed by atoms with Crippen LogP contribution in [0, 0.1) is 4.91 Å². The molecule has 0 aliphatic heterocycles. The van der Waals surface area contributed by atoms with Gasteiger partial charge < -0.3 is 15.5 Å². The summed E-state index contributed by atoms with van der Waals surface area (Å²) in [4.78, 5) is 23.0. The molecule has 2 aliphatic rings. The average molecular weight is 285 g/mol. The molecule has 0 radical (unpaired) electrons. The number of carbonyl (C=O) groups excluding carboxylic acids is 1. The van der Waals surface area contributed by atoms with Crippen LogP contribution in [0.4, 0.5) is 4.79 Å². The molecule has 0 spiro atoms. The van der Waals surface area contributed by atoms with Crippen LogP contribution in [0.3, 0.4) is 0 Å². The second kappa shape index (κ2) is 6.99. The summed E-state index contributed by atoms with van der Waals surface area (Å²) < 4.78 is 0. The van der Waals surface area contributed by atoms with E-state index in [0.29, 0.717) is 38.5 Å². The molecule has 2 rings (SSSR count). The Hall–Kier alpha value is -1.21. The minimum atomic E-state index is -0.456. The minimum Gasteiger partial charge on any atom is -0.393 e. The third-order valence-electron chi connectivity index (χ3n) is 4.33. The third-order valence-corrected chi connectivity index (χ3v) is 4.33. The van der Waals surface area contributed by atoms with Crippen LogP contribution in [-0.4, -0.2) is 45.5 Å². The Morgan fingerprint density at radius 2 is 1.45 bits per heavy atom. The van der Waals surface area contributed by atoms with Gasteiger partial charge in [0.1, 0.15) is 0 Å². The van der Waals surface area contributed by atoms with Gasteiger partial charge in [-0.25, -0.2) is 4.79 Å². The van der Waals surface area contributed by atoms with Crippen LogP contribution in [0.25, 0.3) is 0 Å². The van der Waals surface area contributed by atoms with E-state index in [1.54, 1.807) is 0 Å². The third kappa shape index (κ3) is 3.89. The van der Waals surface area contributed by atoms with Gasteiger partial charge in [-0.15, -0.1) is 4.91 Å². The van der Waals surface area contributed by atoms with Gasteiger partial charge in [-0.2, -0.15) is 5.01 Å². The first kappa shape index (κ1) is 15.2. The van der Waals surface area contributed by atoms with Crippen LogP contribution in [0.2, 0.25) is 0 Å². The van der Waals surface area contributed by atoms with Crippen LogP contribution >= 0.6 is 0 Å². The number of aliphatic hydroxyl groups excluding tert-OH is 2. The van der Waals surface area contributed by atoms with Crippen LogP contribution in [0.15, 0.2) is 5.29 Å². The fourth-order valence-electron chi connectivity index (χ4n) is 3.03. The summed E-state index contributed by atoms with van der Waals surface area (Å²) in [6, 6.07) is -0.669. The first-order valence-electron chi connectivity index (χ1n) is 7.39. The van der Waals surface area contributed by atoms with Gasteiger partial charge in [0.25, 0.3) is 0 Å². The molecule has 3 N–H and O–H groups in total. The smallest absolute Gasteiger partial charge is 0.340 e. The molecule has 0 aromatic rings. The molecule has 0 atom stereocenters. The Balaban J connectivity index is 1.84. The Labute approximate surface area is 118 Å². The molecule has 0 saturated heterocycles. The van der Waals surface area contributed by atoms with Crippen molar-refractivity contribution in [2.75, 3.05) is 0 Å². The van der Waals surface area contributed by atoms with Gasteiger partial charge in [-0.05, 0) is 51.4 Å². The summed E-state index contributed by atoms with van der Waals surface area (Å²) in [6.45, 7) is 0. The second-order valence-corrected chi connectivity index (χ2v) is 5.84. The molecule has 7 heteroatoms. The van der Waals surface area contributed by atoms with E-state index in [-0.39, 0.29) is 24.3 Å². The number of hydrogen-bond donors (Lipinski definition) is 3. The lowest BCUT2D eigenvalue weighted by atomic mass is 9.92. The summed E-state index contributed by atoms with van der Waals surface area (Å²) in [6.07, 6.45) is 4.59. The Morgan fingerprint density at radius 3 is 1.95 bits per heavy atom. The number of rotatable bonds is 3. The average Bonchev–Trinajstić information content (AvgIpc) is 2.44. The molecule has 2 amide bonds. The first-order valence-corrected chi connectivity index (χ1v) is 7.39. The van der Waals surface area contributed by atoms with Crippen LogP contribution in [0.1, 0.15) is 51.4 Å². The fourth-order valence-corrected chi connectivity index (χ4v) is 3.03. The molecule has 0 unspecified atom stereocenters. The Bertz CT molecular complexity index is 337. The second-order valence-electron chi connectivity index (χ2n) is 5.84. The van der Waals surface area contributed by atoms with E-state index in [1.807, 2.05) is 0 Å². The maximum Gasteiger partial charge on any atom is 0.340 e. The molecule has 0 bridgehead atoms. The molecular formula is C13H23N3O4. The molecule has 114 valence electrons. The normalized spacial score (nSPS) is 34.3. The molecule has 0 heterocycles. The molecule has 2 aliphatic carbocycles. The zero-order valence-electron chi connectivity index (χ0n) is 11.6. The van der Waals surface area contributed by atoms with Crippen molar-refractivity contribution in [2.24, 2.45) is 5.29 Å². The maximum absolute atomic E-state index is 12.1. The van der Waals surface area contributed by atoms with Gasteiger partial charge in [0.15, 0.2) is 0 Å². The summed E-state index contributed by atoms with van der Waals surface area (Å²) >= 11 is 0. The predicted molar refractivity (Wildman–Crippen MR) is 72.7 cm³/mol. The SMILES string of the molecule is O=NN(C(=O)N[C@H]1CC[C@H](O)CC1)[C@H]1CC[C@H](O)CC1. The standard InChI is InChI=1S/C13H23N3O4/c17-11-5-1-9(2-6-11)14-13(19)16(15-20)10-3-7-12(18)8-4-10/h9-12,17-18H,1-8H2,(H,14,19)/t9-,10-,11-,12-. The van der Waals surface area contributed by atoms with Crippen LogP contribution in [-0.2, 0) is 0 Å². The van der Waals surface area contributed by atoms with E-state index in [0.717, 1.165) is 17.9 Å². The summed E-state index contributed by atoms with van der Waals surface area (Å²) in [5.41, 5.74) is 0. The molecule has 20 heavy (non-hydrogen) atoms. The number of nitrogens with zero attached hydrogens (tertiary/aromatic N) is 2. The van der Waals surface area contributed by atoms with E-state index in [2.05, 4.69) is 10.6 Å². The zero-order valence-corrected chi connectivity index (χ0v) is 11.6. The number of amides is 2. The summed E-state index contributed by atoms with van der Waals surface area (Å²) in [5, 5.41) is 25.5. The minimum absolute atomic E-state index is 0.00401. The summed E-state index contributed by atoms with van der Waals surface area (Å²) in [5.74, 6) is 0. The van der Waals surface area contributed by atoms with Crippen LogP contribution in [0.5, 0.6) is 0 Å². The number of urea groups is 1. The van der Waals surface area contributed by atoms with Gasteiger partial charge >= 0.3 is 6.03 Å². The van der Waals surface area contributed by atoms with Crippen molar-refractivity contribution in [3.63, 3.8) is 0 Å². The lowest BCUT2D eigenvalue weighted by molar-refractivity contribution is 0.0811. The molecule has 0 aromatic carbocycles. The van der Waals surface area contributed by atoms with Crippen molar-refractivity contribution in [1.82, 2.24) is 10.3 Å². The molecule has 7 nitrogen and oxygen atoms in total. The van der Waals surface area contributed by atoms with E-state index >= 15 is 0 Å². The van der Waals surface area contributed by atoms with Crippen LogP contribution < -0.4 is 5.32 Å². The van der Waals surface area contributed by atoms with E-state index in [1.165, 1.54) is 0 Å². The van der Waals surface area contributed by atoms with Crippen molar-refractivity contribution in [3.8, 4) is 0 Å². The number of nitroso groups, excluding NO2 is 1.